The number of rotatable bonds is 2. The highest BCUT2D eigenvalue weighted by atomic mass is 35.5. The van der Waals surface area contributed by atoms with Crippen LogP contribution in [0.15, 0.2) is 39.4 Å². The van der Waals surface area contributed by atoms with Gasteiger partial charge in [0.2, 0.25) is 0 Å². The van der Waals surface area contributed by atoms with Crippen molar-refractivity contribution in [2.75, 3.05) is 0 Å². The van der Waals surface area contributed by atoms with Crippen molar-refractivity contribution >= 4 is 33.9 Å². The molecule has 4 heteroatoms. The lowest BCUT2D eigenvalue weighted by atomic mass is 10.0. The molecule has 1 atom stereocenters. The Bertz CT molecular complexity index is 687. The SMILES string of the molecule is Cc1c(C(N)c2ccsc2)oc2ccc(Cl)cc12. The van der Waals surface area contributed by atoms with Crippen molar-refractivity contribution in [3.63, 3.8) is 0 Å². The summed E-state index contributed by atoms with van der Waals surface area (Å²) in [6.07, 6.45) is 0. The van der Waals surface area contributed by atoms with Crippen molar-refractivity contribution in [2.24, 2.45) is 5.73 Å². The second-order valence-corrected chi connectivity index (χ2v) is 5.48. The first kappa shape index (κ1) is 11.8. The van der Waals surface area contributed by atoms with E-state index in [2.05, 4.69) is 0 Å². The second kappa shape index (κ2) is 4.43. The van der Waals surface area contributed by atoms with Crippen LogP contribution in [0.1, 0.15) is 22.9 Å². The number of halogens is 1. The predicted octanol–water partition coefficient (Wildman–Crippen LogP) is 4.50. The van der Waals surface area contributed by atoms with Gasteiger partial charge in [-0.05, 0) is 47.5 Å². The van der Waals surface area contributed by atoms with E-state index in [-0.39, 0.29) is 6.04 Å². The largest absolute Gasteiger partial charge is 0.459 e. The lowest BCUT2D eigenvalue weighted by molar-refractivity contribution is 0.521. The Hall–Kier alpha value is -1.29. The van der Waals surface area contributed by atoms with E-state index in [9.17, 15) is 0 Å². The number of benzene rings is 1. The molecule has 2 N–H and O–H groups in total. The van der Waals surface area contributed by atoms with Crippen LogP contribution in [0.3, 0.4) is 0 Å². The molecule has 1 aromatic carbocycles. The van der Waals surface area contributed by atoms with Crippen LogP contribution in [-0.4, -0.2) is 0 Å². The van der Waals surface area contributed by atoms with Crippen molar-refractivity contribution in [1.82, 2.24) is 0 Å². The van der Waals surface area contributed by atoms with Gasteiger partial charge in [-0.2, -0.15) is 11.3 Å². The third-order valence-electron chi connectivity index (χ3n) is 3.12. The Kier molecular flexibility index (Phi) is 2.90. The van der Waals surface area contributed by atoms with E-state index >= 15 is 0 Å². The summed E-state index contributed by atoms with van der Waals surface area (Å²) in [7, 11) is 0. The van der Waals surface area contributed by atoms with Crippen molar-refractivity contribution in [3.05, 3.63) is 56.9 Å². The minimum Gasteiger partial charge on any atom is -0.459 e. The van der Waals surface area contributed by atoms with E-state index in [0.717, 1.165) is 27.9 Å². The molecule has 0 aliphatic carbocycles. The van der Waals surface area contributed by atoms with Crippen molar-refractivity contribution in [3.8, 4) is 0 Å². The average Bonchev–Trinajstić information content (AvgIpc) is 2.98. The van der Waals surface area contributed by atoms with Crippen LogP contribution < -0.4 is 5.73 Å². The summed E-state index contributed by atoms with van der Waals surface area (Å²) < 4.78 is 5.86. The molecule has 1 unspecified atom stereocenters. The number of hydrogen-bond donors (Lipinski definition) is 1. The lowest BCUT2D eigenvalue weighted by Crippen LogP contribution is -2.10. The fourth-order valence-electron chi connectivity index (χ4n) is 2.11. The number of nitrogens with two attached hydrogens (primary N) is 1. The van der Waals surface area contributed by atoms with Crippen LogP contribution >= 0.6 is 22.9 Å². The monoisotopic (exact) mass is 277 g/mol. The fraction of sp³-hybridized carbons (Fsp3) is 0.143. The summed E-state index contributed by atoms with van der Waals surface area (Å²) in [5.41, 5.74) is 9.21. The molecular weight excluding hydrogens is 266 g/mol. The second-order valence-electron chi connectivity index (χ2n) is 4.27. The third kappa shape index (κ3) is 1.85. The normalized spacial score (nSPS) is 13.1. The number of fused-ring (bicyclic) bond motifs is 1. The highest BCUT2D eigenvalue weighted by Gasteiger charge is 2.18. The summed E-state index contributed by atoms with van der Waals surface area (Å²) >= 11 is 7.64. The molecule has 0 saturated heterocycles. The molecule has 18 heavy (non-hydrogen) atoms. The van der Waals surface area contributed by atoms with E-state index in [0.29, 0.717) is 5.02 Å². The molecule has 3 rings (SSSR count). The molecule has 0 radical (unpaired) electrons. The first-order valence-corrected chi connectivity index (χ1v) is 6.95. The molecular formula is C14H12ClNOS. The summed E-state index contributed by atoms with van der Waals surface area (Å²) in [6, 6.07) is 7.43. The minimum absolute atomic E-state index is 0.220. The van der Waals surface area contributed by atoms with Gasteiger partial charge in [0, 0.05) is 16.0 Å². The van der Waals surface area contributed by atoms with Crippen LogP contribution in [0.5, 0.6) is 0 Å². The first-order chi connectivity index (χ1) is 8.66. The topological polar surface area (TPSA) is 39.2 Å². The molecule has 3 aromatic rings. The predicted molar refractivity (Wildman–Crippen MR) is 76.3 cm³/mol. The summed E-state index contributed by atoms with van der Waals surface area (Å²) in [4.78, 5) is 0. The highest BCUT2D eigenvalue weighted by Crippen LogP contribution is 2.33. The first-order valence-electron chi connectivity index (χ1n) is 5.63. The number of aryl methyl sites for hydroxylation is 1. The quantitative estimate of drug-likeness (QED) is 0.749. The van der Waals surface area contributed by atoms with E-state index in [1.54, 1.807) is 11.3 Å². The molecule has 0 spiro atoms. The average molecular weight is 278 g/mol. The van der Waals surface area contributed by atoms with E-state index in [4.69, 9.17) is 21.8 Å². The highest BCUT2D eigenvalue weighted by molar-refractivity contribution is 7.08. The molecule has 0 aliphatic rings. The summed E-state index contributed by atoms with van der Waals surface area (Å²) in [5, 5.41) is 5.80. The van der Waals surface area contributed by atoms with Gasteiger partial charge in [-0.15, -0.1) is 0 Å². The van der Waals surface area contributed by atoms with Gasteiger partial charge in [-0.25, -0.2) is 0 Å². The van der Waals surface area contributed by atoms with Crippen LogP contribution in [0.25, 0.3) is 11.0 Å². The maximum Gasteiger partial charge on any atom is 0.134 e. The maximum atomic E-state index is 6.24. The molecule has 2 heterocycles. The van der Waals surface area contributed by atoms with Crippen LogP contribution in [-0.2, 0) is 0 Å². The van der Waals surface area contributed by atoms with Gasteiger partial charge in [0.15, 0.2) is 0 Å². The molecule has 0 bridgehead atoms. The number of hydrogen-bond acceptors (Lipinski definition) is 3. The molecule has 2 nitrogen and oxygen atoms in total. The van der Waals surface area contributed by atoms with E-state index < -0.39 is 0 Å². The smallest absolute Gasteiger partial charge is 0.134 e. The van der Waals surface area contributed by atoms with Crippen LogP contribution in [0.2, 0.25) is 5.02 Å². The summed E-state index contributed by atoms with van der Waals surface area (Å²) in [5.74, 6) is 0.811. The minimum atomic E-state index is -0.220. The standard InChI is InChI=1S/C14H12ClNOS/c1-8-11-6-10(15)2-3-12(11)17-14(8)13(16)9-4-5-18-7-9/h2-7,13H,16H2,1H3. The Morgan fingerprint density at radius 3 is 2.89 bits per heavy atom. The summed E-state index contributed by atoms with van der Waals surface area (Å²) in [6.45, 7) is 2.02. The molecule has 0 fully saturated rings. The van der Waals surface area contributed by atoms with Gasteiger partial charge >= 0.3 is 0 Å². The Morgan fingerprint density at radius 2 is 2.17 bits per heavy atom. The zero-order valence-corrected chi connectivity index (χ0v) is 11.4. The molecule has 0 amide bonds. The van der Waals surface area contributed by atoms with Crippen molar-refractivity contribution in [2.45, 2.75) is 13.0 Å². The molecule has 0 aliphatic heterocycles. The van der Waals surface area contributed by atoms with Crippen LogP contribution in [0.4, 0.5) is 0 Å². The van der Waals surface area contributed by atoms with Gasteiger partial charge in [0.1, 0.15) is 11.3 Å². The number of furan rings is 1. The van der Waals surface area contributed by atoms with Gasteiger partial charge in [0.05, 0.1) is 6.04 Å². The van der Waals surface area contributed by atoms with Gasteiger partial charge in [0.25, 0.3) is 0 Å². The molecule has 92 valence electrons. The molecule has 2 aromatic heterocycles. The Morgan fingerprint density at radius 1 is 1.33 bits per heavy atom. The Labute approximate surface area is 114 Å². The molecule has 0 saturated carbocycles. The lowest BCUT2D eigenvalue weighted by Gasteiger charge is -2.07. The maximum absolute atomic E-state index is 6.24. The number of thiophene rings is 1. The fourth-order valence-corrected chi connectivity index (χ4v) is 2.98. The van der Waals surface area contributed by atoms with Gasteiger partial charge < -0.3 is 10.2 Å². The zero-order chi connectivity index (χ0) is 12.7. The van der Waals surface area contributed by atoms with Crippen LogP contribution in [0, 0.1) is 6.92 Å². The van der Waals surface area contributed by atoms with E-state index in [1.165, 1.54) is 0 Å². The van der Waals surface area contributed by atoms with Gasteiger partial charge in [-0.3, -0.25) is 0 Å². The Balaban J connectivity index is 2.15. The third-order valence-corrected chi connectivity index (χ3v) is 4.06. The van der Waals surface area contributed by atoms with Gasteiger partial charge in [-0.1, -0.05) is 11.6 Å². The zero-order valence-electron chi connectivity index (χ0n) is 9.81. The van der Waals surface area contributed by atoms with Crippen molar-refractivity contribution < 1.29 is 4.42 Å². The van der Waals surface area contributed by atoms with Crippen molar-refractivity contribution in [1.29, 1.82) is 0 Å². The van der Waals surface area contributed by atoms with E-state index in [1.807, 2.05) is 41.9 Å².